The molecule has 27 heavy (non-hydrogen) atoms. The molecule has 2 heterocycles. The van der Waals surface area contributed by atoms with Crippen LogP contribution in [0.25, 0.3) is 11.0 Å². The topological polar surface area (TPSA) is 117 Å². The Morgan fingerprint density at radius 2 is 2.04 bits per heavy atom. The highest BCUT2D eigenvalue weighted by Crippen LogP contribution is 2.23. The molecule has 0 saturated carbocycles. The van der Waals surface area contributed by atoms with Gasteiger partial charge >= 0.3 is 5.97 Å². The van der Waals surface area contributed by atoms with Crippen molar-refractivity contribution < 1.29 is 15.0 Å². The summed E-state index contributed by atoms with van der Waals surface area (Å²) in [5.41, 5.74) is 0.590. The Balaban J connectivity index is 1.96. The first kappa shape index (κ1) is 18.4. The number of phenols is 1. The van der Waals surface area contributed by atoms with Crippen molar-refractivity contribution in [2.75, 3.05) is 5.32 Å². The van der Waals surface area contributed by atoms with E-state index in [1.807, 2.05) is 0 Å². The van der Waals surface area contributed by atoms with Crippen LogP contribution in [0.3, 0.4) is 0 Å². The van der Waals surface area contributed by atoms with Crippen molar-refractivity contribution in [1.29, 1.82) is 0 Å². The second-order valence-electron chi connectivity index (χ2n) is 6.16. The summed E-state index contributed by atoms with van der Waals surface area (Å²) in [5, 5.41) is 22.4. The lowest BCUT2D eigenvalue weighted by Gasteiger charge is -2.11. The number of anilines is 2. The highest BCUT2D eigenvalue weighted by atomic mass is 16.4. The number of carboxylic acid groups (broad SMARTS) is 1. The summed E-state index contributed by atoms with van der Waals surface area (Å²) in [6.07, 6.45) is 4.56. The Morgan fingerprint density at radius 1 is 1.22 bits per heavy atom. The molecule has 2 aromatic heterocycles. The van der Waals surface area contributed by atoms with Gasteiger partial charge in [0.25, 0.3) is 5.56 Å². The van der Waals surface area contributed by atoms with E-state index in [1.165, 1.54) is 24.3 Å². The van der Waals surface area contributed by atoms with Crippen LogP contribution in [0.4, 0.5) is 11.6 Å². The number of hydrogen-bond donors (Lipinski definition) is 3. The molecule has 0 unspecified atom stereocenters. The first-order valence-corrected chi connectivity index (χ1v) is 8.69. The van der Waals surface area contributed by atoms with Gasteiger partial charge in [0.2, 0.25) is 5.95 Å². The van der Waals surface area contributed by atoms with Crippen LogP contribution in [-0.4, -0.2) is 30.7 Å². The van der Waals surface area contributed by atoms with Gasteiger partial charge in [0, 0.05) is 29.9 Å². The monoisotopic (exact) mass is 368 g/mol. The molecule has 0 amide bonds. The summed E-state index contributed by atoms with van der Waals surface area (Å²) in [6.45, 7) is 2.67. The van der Waals surface area contributed by atoms with Crippen LogP contribution in [0.2, 0.25) is 0 Å². The maximum Gasteiger partial charge on any atom is 0.339 e. The fourth-order valence-electron chi connectivity index (χ4n) is 2.78. The van der Waals surface area contributed by atoms with E-state index in [1.54, 1.807) is 16.8 Å². The first-order chi connectivity index (χ1) is 13.0. The zero-order valence-electron chi connectivity index (χ0n) is 14.8. The maximum absolute atomic E-state index is 12.2. The predicted molar refractivity (Wildman–Crippen MR) is 102 cm³/mol. The number of nitrogens with one attached hydrogen (secondary N) is 1. The second-order valence-corrected chi connectivity index (χ2v) is 6.16. The average molecular weight is 368 g/mol. The zero-order chi connectivity index (χ0) is 19.4. The molecule has 0 aliphatic heterocycles. The summed E-state index contributed by atoms with van der Waals surface area (Å²) in [7, 11) is 0. The molecule has 0 fully saturated rings. The minimum atomic E-state index is -1.24. The summed E-state index contributed by atoms with van der Waals surface area (Å²) in [4.78, 5) is 32.1. The standard InChI is InChI=1S/C19H20N4O4/c1-2-3-4-9-23-16(25)8-5-12-11-20-19(22-17(12)23)21-13-6-7-15(24)14(10-13)18(26)27/h5-8,10-11,24H,2-4,9H2,1H3,(H,26,27)(H,20,21,22). The maximum atomic E-state index is 12.2. The Hall–Kier alpha value is -3.42. The van der Waals surface area contributed by atoms with Gasteiger partial charge in [0.1, 0.15) is 17.0 Å². The van der Waals surface area contributed by atoms with E-state index in [2.05, 4.69) is 22.2 Å². The highest BCUT2D eigenvalue weighted by molar-refractivity contribution is 5.92. The average Bonchev–Trinajstić information content (AvgIpc) is 2.65. The molecule has 3 rings (SSSR count). The number of aromatic hydroxyl groups is 1. The number of aromatic carboxylic acids is 1. The van der Waals surface area contributed by atoms with E-state index in [9.17, 15) is 14.7 Å². The van der Waals surface area contributed by atoms with Gasteiger partial charge in [-0.3, -0.25) is 9.36 Å². The van der Waals surface area contributed by atoms with Crippen LogP contribution in [0.15, 0.2) is 41.3 Å². The number of hydrogen-bond acceptors (Lipinski definition) is 6. The predicted octanol–water partition coefficient (Wildman–Crippen LogP) is 3.13. The lowest BCUT2D eigenvalue weighted by Crippen LogP contribution is -2.20. The molecule has 0 aliphatic carbocycles. The molecule has 0 bridgehead atoms. The Morgan fingerprint density at radius 3 is 2.78 bits per heavy atom. The fourth-order valence-corrected chi connectivity index (χ4v) is 2.78. The molecular weight excluding hydrogens is 348 g/mol. The van der Waals surface area contributed by atoms with Gasteiger partial charge in [-0.2, -0.15) is 4.98 Å². The lowest BCUT2D eigenvalue weighted by atomic mass is 10.2. The van der Waals surface area contributed by atoms with E-state index in [4.69, 9.17) is 5.11 Å². The van der Waals surface area contributed by atoms with Gasteiger partial charge in [-0.15, -0.1) is 0 Å². The van der Waals surface area contributed by atoms with E-state index in [-0.39, 0.29) is 22.8 Å². The first-order valence-electron chi connectivity index (χ1n) is 8.69. The molecule has 140 valence electrons. The lowest BCUT2D eigenvalue weighted by molar-refractivity contribution is 0.0694. The molecule has 0 aliphatic rings. The van der Waals surface area contributed by atoms with Crippen LogP contribution >= 0.6 is 0 Å². The molecule has 8 heteroatoms. The third kappa shape index (κ3) is 4.05. The molecular formula is C19H20N4O4. The van der Waals surface area contributed by atoms with Crippen LogP contribution in [-0.2, 0) is 6.54 Å². The fraction of sp³-hybridized carbons (Fsp3) is 0.263. The van der Waals surface area contributed by atoms with Crippen LogP contribution in [0, 0.1) is 0 Å². The normalized spacial score (nSPS) is 10.9. The Kier molecular flexibility index (Phi) is 5.35. The van der Waals surface area contributed by atoms with Crippen LogP contribution in [0.1, 0.15) is 36.5 Å². The molecule has 0 radical (unpaired) electrons. The van der Waals surface area contributed by atoms with E-state index in [0.717, 1.165) is 24.6 Å². The van der Waals surface area contributed by atoms with E-state index >= 15 is 0 Å². The SMILES string of the molecule is CCCCCn1c(=O)ccc2cnc(Nc3ccc(O)c(C(=O)O)c3)nc21. The van der Waals surface area contributed by atoms with Crippen LogP contribution in [0.5, 0.6) is 5.75 Å². The zero-order valence-corrected chi connectivity index (χ0v) is 14.8. The van der Waals surface area contributed by atoms with Crippen molar-refractivity contribution in [3.63, 3.8) is 0 Å². The number of nitrogens with zero attached hydrogens (tertiary/aromatic N) is 3. The summed E-state index contributed by atoms with van der Waals surface area (Å²) in [5.74, 6) is -1.32. The van der Waals surface area contributed by atoms with Crippen molar-refractivity contribution in [1.82, 2.24) is 14.5 Å². The molecule has 0 saturated heterocycles. The minimum absolute atomic E-state index is 0.124. The summed E-state index contributed by atoms with van der Waals surface area (Å²) in [6, 6.07) is 7.29. The Labute approximate surface area is 155 Å². The molecule has 0 atom stereocenters. The minimum Gasteiger partial charge on any atom is -0.507 e. The number of pyridine rings is 1. The van der Waals surface area contributed by atoms with Gasteiger partial charge < -0.3 is 15.5 Å². The number of fused-ring (bicyclic) bond motifs is 1. The van der Waals surface area contributed by atoms with Crippen molar-refractivity contribution in [2.24, 2.45) is 0 Å². The number of carboxylic acids is 1. The van der Waals surface area contributed by atoms with Crippen molar-refractivity contribution in [3.05, 3.63) is 52.4 Å². The smallest absolute Gasteiger partial charge is 0.339 e. The number of aromatic nitrogens is 3. The number of aryl methyl sites for hydroxylation is 1. The highest BCUT2D eigenvalue weighted by Gasteiger charge is 2.12. The third-order valence-electron chi connectivity index (χ3n) is 4.19. The van der Waals surface area contributed by atoms with Gasteiger partial charge in [0.05, 0.1) is 0 Å². The number of carbonyl (C=O) groups is 1. The molecule has 0 spiro atoms. The van der Waals surface area contributed by atoms with E-state index < -0.39 is 5.97 Å². The summed E-state index contributed by atoms with van der Waals surface area (Å²) < 4.78 is 1.62. The molecule has 8 nitrogen and oxygen atoms in total. The quantitative estimate of drug-likeness (QED) is 0.433. The van der Waals surface area contributed by atoms with E-state index in [0.29, 0.717) is 17.9 Å². The van der Waals surface area contributed by atoms with Crippen molar-refractivity contribution in [3.8, 4) is 5.75 Å². The largest absolute Gasteiger partial charge is 0.507 e. The number of rotatable bonds is 7. The molecule has 1 aromatic carbocycles. The Bertz CT molecular complexity index is 1050. The van der Waals surface area contributed by atoms with Crippen molar-refractivity contribution >= 4 is 28.6 Å². The van der Waals surface area contributed by atoms with Gasteiger partial charge in [0.15, 0.2) is 0 Å². The van der Waals surface area contributed by atoms with Crippen molar-refractivity contribution in [2.45, 2.75) is 32.7 Å². The molecule has 3 aromatic rings. The third-order valence-corrected chi connectivity index (χ3v) is 4.19. The van der Waals surface area contributed by atoms with Gasteiger partial charge in [-0.1, -0.05) is 19.8 Å². The van der Waals surface area contributed by atoms with Gasteiger partial charge in [-0.25, -0.2) is 9.78 Å². The number of unbranched alkanes of at least 4 members (excludes halogenated alkanes) is 2. The van der Waals surface area contributed by atoms with Crippen LogP contribution < -0.4 is 10.9 Å². The van der Waals surface area contributed by atoms with Gasteiger partial charge in [-0.05, 0) is 30.7 Å². The summed E-state index contributed by atoms with van der Waals surface area (Å²) >= 11 is 0. The molecule has 3 N–H and O–H groups in total. The second kappa shape index (κ2) is 7.86. The number of benzene rings is 1.